The molecule has 2 aromatic heterocycles. The van der Waals surface area contributed by atoms with Crippen LogP contribution < -0.4 is 0 Å². The van der Waals surface area contributed by atoms with Crippen LogP contribution in [-0.2, 0) is 6.42 Å². The van der Waals surface area contributed by atoms with E-state index in [0.717, 1.165) is 67.8 Å². The molecule has 3 aliphatic rings. The van der Waals surface area contributed by atoms with Gasteiger partial charge in [-0.1, -0.05) is 43.2 Å². The quantitative estimate of drug-likeness (QED) is 0.192. The highest BCUT2D eigenvalue weighted by molar-refractivity contribution is 6.21. The molecule has 40 heavy (non-hydrogen) atoms. The number of H-pyrrole nitrogens is 1. The monoisotopic (exact) mass is 533 g/mol. The van der Waals surface area contributed by atoms with Gasteiger partial charge in [0, 0.05) is 12.7 Å². The summed E-state index contributed by atoms with van der Waals surface area (Å²) in [6, 6.07) is 20.1. The van der Waals surface area contributed by atoms with Gasteiger partial charge in [-0.15, -0.1) is 0 Å². The number of nitrogens with one attached hydrogen (secondary N) is 1. The predicted octanol–water partition coefficient (Wildman–Crippen LogP) is 6.26. The molecule has 1 fully saturated rings. The number of hydrogen-bond donors (Lipinski definition) is 1. The zero-order chi connectivity index (χ0) is 27.1. The van der Waals surface area contributed by atoms with Gasteiger partial charge in [0.2, 0.25) is 0 Å². The number of aryl methyl sites for hydroxylation is 1. The molecule has 7 heteroatoms. The Bertz CT molecular complexity index is 1490. The average molecular weight is 534 g/mol. The fourth-order valence-corrected chi connectivity index (χ4v) is 6.65. The number of aromatic nitrogens is 3. The van der Waals surface area contributed by atoms with E-state index in [1.54, 1.807) is 12.1 Å². The van der Waals surface area contributed by atoms with Crippen LogP contribution in [0.2, 0.25) is 0 Å². The average Bonchev–Trinajstić information content (AvgIpc) is 3.66. The van der Waals surface area contributed by atoms with Crippen molar-refractivity contribution in [1.29, 1.82) is 0 Å². The van der Waals surface area contributed by atoms with E-state index in [1.165, 1.54) is 29.0 Å². The van der Waals surface area contributed by atoms with Gasteiger partial charge in [0.25, 0.3) is 11.8 Å². The van der Waals surface area contributed by atoms with Crippen LogP contribution >= 0.6 is 0 Å². The summed E-state index contributed by atoms with van der Waals surface area (Å²) >= 11 is 0. The summed E-state index contributed by atoms with van der Waals surface area (Å²) in [6.07, 6.45) is 10.5. The van der Waals surface area contributed by atoms with Crippen molar-refractivity contribution >= 4 is 22.8 Å². The van der Waals surface area contributed by atoms with Crippen LogP contribution in [0.5, 0.6) is 0 Å². The number of benzene rings is 2. The summed E-state index contributed by atoms with van der Waals surface area (Å²) < 4.78 is 0. The van der Waals surface area contributed by atoms with Crippen molar-refractivity contribution in [3.8, 4) is 0 Å². The summed E-state index contributed by atoms with van der Waals surface area (Å²) in [4.78, 5) is 43.5. The maximum atomic E-state index is 12.9. The third-order valence-electron chi connectivity index (χ3n) is 8.87. The minimum atomic E-state index is -0.170. The second-order valence-corrected chi connectivity index (χ2v) is 11.5. The molecule has 2 aliphatic carbocycles. The normalized spacial score (nSPS) is 19.3. The van der Waals surface area contributed by atoms with Crippen LogP contribution in [0.15, 0.2) is 66.9 Å². The number of carbonyl (C=O) groups excluding carboxylic acids is 2. The number of unbranched alkanes of at least 4 members (excludes halogenated alkanes) is 1. The van der Waals surface area contributed by atoms with Crippen molar-refractivity contribution in [2.24, 2.45) is 5.92 Å². The lowest BCUT2D eigenvalue weighted by atomic mass is 9.89. The number of hydrogen-bond acceptors (Lipinski definition) is 5. The summed E-state index contributed by atoms with van der Waals surface area (Å²) in [5, 5.41) is 0. The van der Waals surface area contributed by atoms with Crippen LogP contribution in [-0.4, -0.2) is 49.7 Å². The topological polar surface area (TPSA) is 82.2 Å². The second-order valence-electron chi connectivity index (χ2n) is 11.5. The van der Waals surface area contributed by atoms with E-state index in [1.807, 2.05) is 24.4 Å². The van der Waals surface area contributed by atoms with E-state index in [2.05, 4.69) is 40.2 Å². The molecule has 0 spiro atoms. The third kappa shape index (κ3) is 4.73. The number of pyridine rings is 1. The Kier molecular flexibility index (Phi) is 6.68. The maximum absolute atomic E-state index is 12.9. The van der Waals surface area contributed by atoms with Crippen molar-refractivity contribution < 1.29 is 9.59 Å². The Morgan fingerprint density at radius 1 is 0.925 bits per heavy atom. The highest BCUT2D eigenvalue weighted by atomic mass is 16.2. The Morgan fingerprint density at radius 3 is 2.48 bits per heavy atom. The molecule has 1 aliphatic heterocycles. The standard InChI is InChI=1S/C33H35N5O2/c39-32-24-11-1-2-12-25(24)33(40)38(32)20-6-5-19-37(28-15-7-9-23-10-8-18-34-30(23)28)29(21-22-16-17-22)31-35-26-13-3-4-14-27(26)36-31/h1-4,8,10-14,18,22,28-29H,5-7,9,15-17,19-21H2,(H,35,36). The minimum Gasteiger partial charge on any atom is -0.341 e. The molecule has 0 radical (unpaired) electrons. The first kappa shape index (κ1) is 25.1. The number of para-hydroxylation sites is 2. The molecule has 2 amide bonds. The second kappa shape index (κ2) is 10.6. The number of fused-ring (bicyclic) bond motifs is 3. The summed E-state index contributed by atoms with van der Waals surface area (Å²) in [7, 11) is 0. The lowest BCUT2D eigenvalue weighted by Gasteiger charge is -2.40. The minimum absolute atomic E-state index is 0.164. The van der Waals surface area contributed by atoms with E-state index < -0.39 is 0 Å². The fourth-order valence-electron chi connectivity index (χ4n) is 6.65. The molecular formula is C33H35N5O2. The van der Waals surface area contributed by atoms with Crippen LogP contribution in [0.25, 0.3) is 11.0 Å². The van der Waals surface area contributed by atoms with Gasteiger partial charge in [-0.3, -0.25) is 24.4 Å². The lowest BCUT2D eigenvalue weighted by molar-refractivity contribution is 0.0642. The molecule has 2 aromatic carbocycles. The highest BCUT2D eigenvalue weighted by Gasteiger charge is 2.38. The number of nitrogens with zero attached hydrogens (tertiary/aromatic N) is 4. The van der Waals surface area contributed by atoms with Gasteiger partial charge in [0.15, 0.2) is 0 Å². The Morgan fingerprint density at radius 2 is 1.70 bits per heavy atom. The van der Waals surface area contributed by atoms with Crippen molar-refractivity contribution in [2.45, 2.75) is 63.5 Å². The summed E-state index contributed by atoms with van der Waals surface area (Å²) in [5.74, 6) is 1.43. The smallest absolute Gasteiger partial charge is 0.261 e. The van der Waals surface area contributed by atoms with Crippen LogP contribution in [0.1, 0.15) is 94.8 Å². The van der Waals surface area contributed by atoms with E-state index >= 15 is 0 Å². The lowest BCUT2D eigenvalue weighted by Crippen LogP contribution is -2.37. The predicted molar refractivity (Wildman–Crippen MR) is 154 cm³/mol. The highest BCUT2D eigenvalue weighted by Crippen LogP contribution is 2.44. The molecule has 1 N–H and O–H groups in total. The molecular weight excluding hydrogens is 498 g/mol. The van der Waals surface area contributed by atoms with Gasteiger partial charge < -0.3 is 4.98 Å². The van der Waals surface area contributed by atoms with Crippen molar-refractivity contribution in [3.05, 3.63) is 95.1 Å². The van der Waals surface area contributed by atoms with Crippen LogP contribution in [0.4, 0.5) is 0 Å². The SMILES string of the molecule is O=C1c2ccccc2C(=O)N1CCCCN(C(CC1CC1)c1nc2ccccc2[nH]1)C1CCCc2cccnc21. The first-order chi connectivity index (χ1) is 19.7. The van der Waals surface area contributed by atoms with Gasteiger partial charge in [0.05, 0.1) is 39.9 Å². The third-order valence-corrected chi connectivity index (χ3v) is 8.87. The molecule has 7 nitrogen and oxygen atoms in total. The van der Waals surface area contributed by atoms with E-state index in [4.69, 9.17) is 9.97 Å². The Balaban J connectivity index is 1.15. The zero-order valence-corrected chi connectivity index (χ0v) is 22.8. The first-order valence-corrected chi connectivity index (χ1v) is 14.8. The summed E-state index contributed by atoms with van der Waals surface area (Å²) in [5.41, 5.74) is 5.68. The van der Waals surface area contributed by atoms with Gasteiger partial charge in [-0.2, -0.15) is 0 Å². The van der Waals surface area contributed by atoms with Gasteiger partial charge >= 0.3 is 0 Å². The van der Waals surface area contributed by atoms with Crippen LogP contribution in [0, 0.1) is 5.92 Å². The Labute approximate surface area is 234 Å². The van der Waals surface area contributed by atoms with Crippen molar-refractivity contribution in [3.63, 3.8) is 0 Å². The van der Waals surface area contributed by atoms with Gasteiger partial charge in [0.1, 0.15) is 5.82 Å². The first-order valence-electron chi connectivity index (χ1n) is 14.8. The van der Waals surface area contributed by atoms with Gasteiger partial charge in [-0.05, 0) is 86.9 Å². The number of carbonyl (C=O) groups is 2. The van der Waals surface area contributed by atoms with E-state index in [9.17, 15) is 9.59 Å². The van der Waals surface area contributed by atoms with Crippen molar-refractivity contribution in [2.75, 3.05) is 13.1 Å². The molecule has 0 bridgehead atoms. The van der Waals surface area contributed by atoms with Crippen molar-refractivity contribution in [1.82, 2.24) is 24.8 Å². The molecule has 3 heterocycles. The zero-order valence-electron chi connectivity index (χ0n) is 22.8. The fraction of sp³-hybridized carbons (Fsp3) is 0.394. The maximum Gasteiger partial charge on any atom is 0.261 e. The Hall–Kier alpha value is -3.84. The molecule has 204 valence electrons. The van der Waals surface area contributed by atoms with E-state index in [-0.39, 0.29) is 23.9 Å². The molecule has 4 aromatic rings. The number of amides is 2. The van der Waals surface area contributed by atoms with Crippen LogP contribution in [0.3, 0.4) is 0 Å². The largest absolute Gasteiger partial charge is 0.341 e. The van der Waals surface area contributed by atoms with Gasteiger partial charge in [-0.25, -0.2) is 4.98 Å². The van der Waals surface area contributed by atoms with E-state index in [0.29, 0.717) is 17.7 Å². The molecule has 1 saturated carbocycles. The number of imide groups is 1. The molecule has 2 atom stereocenters. The summed E-state index contributed by atoms with van der Waals surface area (Å²) in [6.45, 7) is 1.30. The number of imidazole rings is 1. The molecule has 0 saturated heterocycles. The number of rotatable bonds is 10. The molecule has 2 unspecified atom stereocenters. The molecule has 7 rings (SSSR count). The number of aromatic amines is 1.